The van der Waals surface area contributed by atoms with Crippen LogP contribution in [0.5, 0.6) is 46.0 Å². The van der Waals surface area contributed by atoms with Crippen LogP contribution in [0.2, 0.25) is 0 Å². The van der Waals surface area contributed by atoms with Crippen molar-refractivity contribution < 1.29 is 105 Å². The summed E-state index contributed by atoms with van der Waals surface area (Å²) in [6.45, 7) is 40.4. The third kappa shape index (κ3) is 29.4. The third-order valence-corrected chi connectivity index (χ3v) is 28.6. The van der Waals surface area contributed by atoms with E-state index in [4.69, 9.17) is 56.8 Å². The maximum atomic E-state index is 13.5. The Morgan fingerprint density at radius 1 is 0.306 bits per heavy atom. The highest BCUT2D eigenvalue weighted by molar-refractivity contribution is 5.95. The maximum absolute atomic E-state index is 13.5. The topological polar surface area (TPSA) is 281 Å². The third-order valence-electron chi connectivity index (χ3n) is 28.6. The first kappa shape index (κ1) is 112. The zero-order chi connectivity index (χ0) is 106. The molecule has 2 unspecified atom stereocenters. The van der Waals surface area contributed by atoms with E-state index in [1.807, 2.05) is 113 Å². The molecule has 6 aliphatic rings. The second kappa shape index (κ2) is 52.5. The standard InChI is InChI=1S/C41H42O6.C34H36O5.C26H36O6.C24H32O5/c1-27(2)15-14-22-33(26-45-39(42)30-16-8-5-9-17-30)34-24-23-28(3)36-35(34)25-29(4)37(46-40(43)31-18-10-6-11-19-31)38(36)47-41(44)32-20-12-7-13-21-32;1-21(2)12-11-17-27-26-19-18-22(3)29-28(37-32(35)24-13-7-5-8-14-24)20-23(4)31(30(26)29)38-34(27)39-33(36)25-15-9-6-10-16-25;1-15(2)9-8-10-21(14-30-18(5)27)22-12-11-16(3)24-23(22)13-17(4)25(31-19(6)28)26(24)32-20(7)29;1-13(2)8-7-9-19-18-11-10-14(3)21-20(27-16(5)25)12-15(4)23(22(18)21)29-24(19)28-17(6)26/h5-13,15-21,25,28,33-34H,14,22-24,26H2,1-4H3;5-10,12-16,20,22,26-27,34H,11,17-19H2,1-4H3;9,13,16,21-22H,8,10-12,14H2,1-7H3;8,12,14,18-19,24H,7,9-11H2,1-6H3/t28-,33-,34+;22-,26+,27+,34?;16-,21-,22+;14-,18+,19+,24?/m1111/s1. The van der Waals surface area contributed by atoms with Gasteiger partial charge in [0.2, 0.25) is 12.6 Å². The lowest BCUT2D eigenvalue weighted by Crippen LogP contribution is -2.41. The average Bonchev–Trinajstić information content (AvgIpc) is 0.768. The number of ether oxygens (including phenoxy) is 12. The summed E-state index contributed by atoms with van der Waals surface area (Å²) in [5.41, 5.74) is 18.8. The molecular weight excluding hydrogens is 1850 g/mol. The average molecular weight is 2000 g/mol. The maximum Gasteiger partial charge on any atom is 0.343 e. The monoisotopic (exact) mass is 2000 g/mol. The van der Waals surface area contributed by atoms with Gasteiger partial charge < -0.3 is 56.8 Å². The van der Waals surface area contributed by atoms with Crippen LogP contribution in [-0.4, -0.2) is 85.5 Å². The summed E-state index contributed by atoms with van der Waals surface area (Å²) in [6.07, 6.45) is 21.9. The molecule has 0 aromatic heterocycles. The first-order valence-electron chi connectivity index (χ1n) is 52.0. The van der Waals surface area contributed by atoms with Gasteiger partial charge in [0.25, 0.3) is 0 Å². The summed E-state index contributed by atoms with van der Waals surface area (Å²) in [5, 5.41) is 0. The molecule has 0 fully saturated rings. The van der Waals surface area contributed by atoms with Crippen LogP contribution in [0.4, 0.5) is 0 Å². The number of benzene rings is 9. The smallest absolute Gasteiger partial charge is 0.343 e. The normalized spacial score (nSPS) is 19.6. The van der Waals surface area contributed by atoms with Gasteiger partial charge in [-0.15, -0.1) is 0 Å². The number of carbonyl (C=O) groups excluding carboxylic acids is 10. The minimum atomic E-state index is -0.696. The Kier molecular flexibility index (Phi) is 40.0. The molecule has 2 aliphatic heterocycles. The van der Waals surface area contributed by atoms with Gasteiger partial charge in [-0.25, -0.2) is 24.0 Å². The van der Waals surface area contributed by atoms with Crippen LogP contribution < -0.4 is 37.9 Å². The van der Waals surface area contributed by atoms with Crippen molar-refractivity contribution in [2.24, 2.45) is 23.7 Å². The molecule has 9 aromatic rings. The Balaban J connectivity index is 0.000000177. The summed E-state index contributed by atoms with van der Waals surface area (Å²) in [5.74, 6) is 1.31. The molecular formula is C125H146O22. The Hall–Kier alpha value is -13.8. The highest BCUT2D eigenvalue weighted by atomic mass is 16.7. The van der Waals surface area contributed by atoms with E-state index in [0.29, 0.717) is 63.0 Å². The molecule has 0 N–H and O–H groups in total. The zero-order valence-electron chi connectivity index (χ0n) is 89.3. The fraction of sp³-hybridized carbons (Fsp3) is 0.424. The van der Waals surface area contributed by atoms with Crippen LogP contribution in [0, 0.1) is 51.4 Å². The largest absolute Gasteiger partial charge is 0.466 e. The first-order chi connectivity index (χ1) is 70.2. The number of hydrogen-bond acceptors (Lipinski definition) is 22. The van der Waals surface area contributed by atoms with Gasteiger partial charge >= 0.3 is 59.7 Å². The molecule has 15 rings (SSSR count). The van der Waals surface area contributed by atoms with Gasteiger partial charge in [0.05, 0.1) is 41.0 Å². The Morgan fingerprint density at radius 2 is 0.626 bits per heavy atom. The van der Waals surface area contributed by atoms with Crippen molar-refractivity contribution in [3.8, 4) is 46.0 Å². The summed E-state index contributed by atoms with van der Waals surface area (Å²) in [6, 6.07) is 52.6. The SMILES string of the molecule is CC(=O)OC[C@@H](CCC=C(C)C)[C@@H]1CC[C@@H](C)c2c1cc(C)c(OC(C)=O)c2OC(C)=O.CC(=O)Oc1cc(C)c2c3c1[C@H](C)CC[C@H]3[C@H](CCC=C(C)C)C(OC(C)=O)O2.CC(C)=CCC[C@@H]1C(OC(=O)c2ccccc2)Oc2c(C)cc(OC(=O)c3ccccc3)c3c2[C@H]1CC[C@H]3C.CC(C)=CCC[C@H](COC(=O)c1ccccc1)[C@@H]1CC[C@@H](C)c2c1cc(C)c(OC(=O)c1ccccc1)c2OC(=O)c1ccccc1. The lowest BCUT2D eigenvalue weighted by molar-refractivity contribution is -0.174. The van der Waals surface area contributed by atoms with E-state index in [1.54, 1.807) is 84.9 Å². The van der Waals surface area contributed by atoms with Crippen molar-refractivity contribution in [2.75, 3.05) is 13.2 Å². The highest BCUT2D eigenvalue weighted by Crippen LogP contribution is 2.60. The van der Waals surface area contributed by atoms with Gasteiger partial charge in [-0.2, -0.15) is 0 Å². The molecule has 0 amide bonds. The van der Waals surface area contributed by atoms with Gasteiger partial charge in [0, 0.05) is 91.7 Å². The van der Waals surface area contributed by atoms with Crippen LogP contribution in [0.3, 0.4) is 0 Å². The molecule has 778 valence electrons. The second-order valence-electron chi connectivity index (χ2n) is 41.2. The summed E-state index contributed by atoms with van der Waals surface area (Å²) >= 11 is 0. The summed E-state index contributed by atoms with van der Waals surface area (Å²) in [4.78, 5) is 125. The van der Waals surface area contributed by atoms with Crippen LogP contribution in [-0.2, 0) is 42.9 Å². The quantitative estimate of drug-likeness (QED) is 0.0169. The van der Waals surface area contributed by atoms with Crippen molar-refractivity contribution in [3.05, 3.63) is 317 Å². The van der Waals surface area contributed by atoms with E-state index in [9.17, 15) is 47.9 Å². The van der Waals surface area contributed by atoms with Crippen molar-refractivity contribution >= 4 is 59.7 Å². The summed E-state index contributed by atoms with van der Waals surface area (Å²) < 4.78 is 70.9. The number of carbonyl (C=O) groups is 10. The molecule has 22 nitrogen and oxygen atoms in total. The minimum absolute atomic E-state index is 0.0132. The molecule has 0 saturated heterocycles. The molecule has 2 heterocycles. The Labute approximate surface area is 867 Å². The first-order valence-corrected chi connectivity index (χ1v) is 52.0. The number of allylic oxidation sites excluding steroid dienone is 8. The molecule has 0 saturated carbocycles. The number of fused-ring (bicyclic) bond motifs is 2. The lowest BCUT2D eigenvalue weighted by Gasteiger charge is -2.44. The minimum Gasteiger partial charge on any atom is -0.466 e. The molecule has 9 aromatic carbocycles. The van der Waals surface area contributed by atoms with E-state index in [-0.39, 0.29) is 125 Å². The molecule has 147 heavy (non-hydrogen) atoms. The molecule has 0 bridgehead atoms. The van der Waals surface area contributed by atoms with E-state index in [1.165, 1.54) is 56.9 Å². The van der Waals surface area contributed by atoms with Crippen LogP contribution in [0.25, 0.3) is 0 Å². The molecule has 22 heteroatoms. The Bertz CT molecular complexity index is 6310. The van der Waals surface area contributed by atoms with Crippen molar-refractivity contribution in [1.82, 2.24) is 0 Å². The van der Waals surface area contributed by atoms with E-state index < -0.39 is 36.5 Å². The predicted molar refractivity (Wildman–Crippen MR) is 569 cm³/mol. The Morgan fingerprint density at radius 3 is 1.01 bits per heavy atom. The van der Waals surface area contributed by atoms with Gasteiger partial charge in [0.15, 0.2) is 23.0 Å². The van der Waals surface area contributed by atoms with Gasteiger partial charge in [0.1, 0.15) is 23.0 Å². The zero-order valence-corrected chi connectivity index (χ0v) is 89.3. The molecule has 4 aliphatic carbocycles. The van der Waals surface area contributed by atoms with Gasteiger partial charge in [-0.05, 0) is 339 Å². The van der Waals surface area contributed by atoms with Crippen molar-refractivity contribution in [2.45, 2.75) is 308 Å². The van der Waals surface area contributed by atoms with E-state index >= 15 is 0 Å². The number of aryl methyl sites for hydroxylation is 4. The van der Waals surface area contributed by atoms with Crippen molar-refractivity contribution in [3.63, 3.8) is 0 Å². The van der Waals surface area contributed by atoms with Gasteiger partial charge in [-0.3, -0.25) is 24.0 Å². The molecule has 0 radical (unpaired) electrons. The highest BCUT2D eigenvalue weighted by Gasteiger charge is 2.49. The number of esters is 10. The fourth-order valence-corrected chi connectivity index (χ4v) is 21.7. The van der Waals surface area contributed by atoms with Crippen LogP contribution >= 0.6 is 0 Å². The fourth-order valence-electron chi connectivity index (χ4n) is 21.7. The number of hydrogen-bond donors (Lipinski definition) is 0. The molecule has 14 atom stereocenters. The molecule has 0 spiro atoms. The predicted octanol–water partition coefficient (Wildman–Crippen LogP) is 29.1. The van der Waals surface area contributed by atoms with E-state index in [0.717, 1.165) is 175 Å². The number of rotatable bonds is 31. The summed E-state index contributed by atoms with van der Waals surface area (Å²) in [7, 11) is 0. The lowest BCUT2D eigenvalue weighted by atomic mass is 9.68. The van der Waals surface area contributed by atoms with Crippen molar-refractivity contribution in [1.29, 1.82) is 0 Å². The van der Waals surface area contributed by atoms with Crippen LogP contribution in [0.1, 0.15) is 386 Å². The van der Waals surface area contributed by atoms with Gasteiger partial charge in [-0.1, -0.05) is 177 Å². The van der Waals surface area contributed by atoms with E-state index in [2.05, 4.69) is 113 Å². The van der Waals surface area contributed by atoms with Crippen LogP contribution in [0.15, 0.2) is 223 Å². The second-order valence-corrected chi connectivity index (χ2v) is 41.2.